The van der Waals surface area contributed by atoms with Crippen LogP contribution in [0.5, 0.6) is 11.5 Å². The molecule has 0 unspecified atom stereocenters. The maximum atomic E-state index is 5.91. The minimum Gasteiger partial charge on any atom is -0.493 e. The van der Waals surface area contributed by atoms with Crippen molar-refractivity contribution in [2.45, 2.75) is 32.6 Å². The van der Waals surface area contributed by atoms with Crippen LogP contribution in [0.1, 0.15) is 38.2 Å². The molecule has 21 heavy (non-hydrogen) atoms. The topological polar surface area (TPSA) is 21.7 Å². The normalized spacial score (nSPS) is 16.9. The predicted molar refractivity (Wildman–Crippen MR) is 88.1 cm³/mol. The Hall–Kier alpha value is -1.48. The molecule has 116 valence electrons. The summed E-state index contributed by atoms with van der Waals surface area (Å²) < 4.78 is 11.3. The SMILES string of the molecule is C/C=C/c1ccc(OCCN2CCCCCC2)c(OC)c1. The minimum atomic E-state index is 0.722. The van der Waals surface area contributed by atoms with Gasteiger partial charge in [0.2, 0.25) is 0 Å². The lowest BCUT2D eigenvalue weighted by molar-refractivity contribution is 0.209. The maximum absolute atomic E-state index is 5.91. The van der Waals surface area contributed by atoms with Crippen molar-refractivity contribution in [3.8, 4) is 11.5 Å². The van der Waals surface area contributed by atoms with Crippen molar-refractivity contribution < 1.29 is 9.47 Å². The van der Waals surface area contributed by atoms with E-state index in [4.69, 9.17) is 9.47 Å². The smallest absolute Gasteiger partial charge is 0.161 e. The quantitative estimate of drug-likeness (QED) is 0.790. The molecule has 0 bridgehead atoms. The second-order valence-corrected chi connectivity index (χ2v) is 5.51. The van der Waals surface area contributed by atoms with Gasteiger partial charge in [0, 0.05) is 6.54 Å². The molecule has 1 fully saturated rings. The molecule has 0 aromatic heterocycles. The van der Waals surface area contributed by atoms with Crippen LogP contribution in [0.2, 0.25) is 0 Å². The van der Waals surface area contributed by atoms with Crippen molar-refractivity contribution in [2.75, 3.05) is 33.4 Å². The zero-order valence-corrected chi connectivity index (χ0v) is 13.3. The van der Waals surface area contributed by atoms with Gasteiger partial charge in [-0.25, -0.2) is 0 Å². The Morgan fingerprint density at radius 2 is 1.86 bits per heavy atom. The van der Waals surface area contributed by atoms with E-state index in [0.29, 0.717) is 0 Å². The Bertz CT molecular complexity index is 449. The lowest BCUT2D eigenvalue weighted by atomic mass is 10.2. The largest absolute Gasteiger partial charge is 0.493 e. The van der Waals surface area contributed by atoms with Crippen LogP contribution >= 0.6 is 0 Å². The lowest BCUT2D eigenvalue weighted by Crippen LogP contribution is -2.29. The summed E-state index contributed by atoms with van der Waals surface area (Å²) in [5.41, 5.74) is 1.13. The summed E-state index contributed by atoms with van der Waals surface area (Å²) in [5, 5.41) is 0. The Labute approximate surface area is 128 Å². The van der Waals surface area contributed by atoms with E-state index in [1.165, 1.54) is 38.8 Å². The van der Waals surface area contributed by atoms with Crippen LogP contribution in [-0.4, -0.2) is 38.3 Å². The van der Waals surface area contributed by atoms with Gasteiger partial charge in [-0.3, -0.25) is 4.90 Å². The van der Waals surface area contributed by atoms with Crippen LogP contribution in [0.25, 0.3) is 6.08 Å². The maximum Gasteiger partial charge on any atom is 0.161 e. The molecule has 0 radical (unpaired) electrons. The van der Waals surface area contributed by atoms with E-state index in [9.17, 15) is 0 Å². The van der Waals surface area contributed by atoms with Crippen LogP contribution in [0.3, 0.4) is 0 Å². The molecule has 0 atom stereocenters. The molecule has 1 saturated heterocycles. The van der Waals surface area contributed by atoms with Gasteiger partial charge in [-0.2, -0.15) is 0 Å². The van der Waals surface area contributed by atoms with Gasteiger partial charge in [-0.05, 0) is 50.6 Å². The highest BCUT2D eigenvalue weighted by molar-refractivity contribution is 5.55. The highest BCUT2D eigenvalue weighted by Crippen LogP contribution is 2.28. The van der Waals surface area contributed by atoms with E-state index < -0.39 is 0 Å². The van der Waals surface area contributed by atoms with Crippen molar-refractivity contribution in [3.63, 3.8) is 0 Å². The predicted octanol–water partition coefficient (Wildman–Crippen LogP) is 3.98. The average molecular weight is 289 g/mol. The van der Waals surface area contributed by atoms with E-state index in [0.717, 1.165) is 30.2 Å². The van der Waals surface area contributed by atoms with Crippen LogP contribution in [-0.2, 0) is 0 Å². The average Bonchev–Trinajstić information content (AvgIpc) is 2.77. The van der Waals surface area contributed by atoms with E-state index in [-0.39, 0.29) is 0 Å². The molecule has 1 aromatic carbocycles. The minimum absolute atomic E-state index is 0.722. The molecule has 2 rings (SSSR count). The van der Waals surface area contributed by atoms with Gasteiger partial charge >= 0.3 is 0 Å². The number of benzene rings is 1. The summed E-state index contributed by atoms with van der Waals surface area (Å²) in [6.07, 6.45) is 9.47. The molecule has 0 saturated carbocycles. The molecule has 0 amide bonds. The van der Waals surface area contributed by atoms with E-state index in [2.05, 4.69) is 17.0 Å². The standard InChI is InChI=1S/C18H27NO2/c1-3-8-16-9-10-17(18(15-16)20-2)21-14-13-19-11-6-4-5-7-12-19/h3,8-10,15H,4-7,11-14H2,1-2H3/b8-3+. The van der Waals surface area contributed by atoms with Gasteiger partial charge in [0.25, 0.3) is 0 Å². The highest BCUT2D eigenvalue weighted by Gasteiger charge is 2.10. The first-order valence-electron chi connectivity index (χ1n) is 7.99. The van der Waals surface area contributed by atoms with Gasteiger partial charge in [0.15, 0.2) is 11.5 Å². The van der Waals surface area contributed by atoms with E-state index in [1.54, 1.807) is 7.11 Å². The van der Waals surface area contributed by atoms with Gasteiger partial charge in [0.1, 0.15) is 6.61 Å². The Kier molecular flexibility index (Phi) is 6.61. The van der Waals surface area contributed by atoms with E-state index in [1.807, 2.05) is 25.1 Å². The summed E-state index contributed by atoms with van der Waals surface area (Å²) in [4.78, 5) is 2.51. The molecule has 0 aliphatic carbocycles. The third-order valence-electron chi connectivity index (χ3n) is 3.91. The number of methoxy groups -OCH3 is 1. The number of hydrogen-bond acceptors (Lipinski definition) is 3. The molecule has 1 aliphatic heterocycles. The van der Waals surface area contributed by atoms with Crippen LogP contribution in [0, 0.1) is 0 Å². The first-order valence-corrected chi connectivity index (χ1v) is 7.99. The van der Waals surface area contributed by atoms with Crippen molar-refractivity contribution in [1.29, 1.82) is 0 Å². The fraction of sp³-hybridized carbons (Fsp3) is 0.556. The zero-order chi connectivity index (χ0) is 14.9. The molecule has 1 heterocycles. The number of hydrogen-bond donors (Lipinski definition) is 0. The van der Waals surface area contributed by atoms with Crippen molar-refractivity contribution in [1.82, 2.24) is 4.90 Å². The Morgan fingerprint density at radius 3 is 2.52 bits per heavy atom. The Balaban J connectivity index is 1.87. The number of nitrogens with zero attached hydrogens (tertiary/aromatic N) is 1. The van der Waals surface area contributed by atoms with Gasteiger partial charge in [-0.1, -0.05) is 31.1 Å². The first kappa shape index (κ1) is 15.9. The van der Waals surface area contributed by atoms with Crippen LogP contribution in [0.15, 0.2) is 24.3 Å². The number of ether oxygens (including phenoxy) is 2. The monoisotopic (exact) mass is 289 g/mol. The molecule has 1 aliphatic rings. The molecule has 3 heteroatoms. The van der Waals surface area contributed by atoms with Gasteiger partial charge in [-0.15, -0.1) is 0 Å². The van der Waals surface area contributed by atoms with Crippen molar-refractivity contribution in [2.24, 2.45) is 0 Å². The second kappa shape index (κ2) is 8.73. The van der Waals surface area contributed by atoms with Crippen LogP contribution in [0.4, 0.5) is 0 Å². The molecular formula is C18H27NO2. The summed E-state index contributed by atoms with van der Waals surface area (Å²) in [6.45, 7) is 6.15. The highest BCUT2D eigenvalue weighted by atomic mass is 16.5. The van der Waals surface area contributed by atoms with Gasteiger partial charge in [0.05, 0.1) is 7.11 Å². The summed E-state index contributed by atoms with van der Waals surface area (Å²) in [5.74, 6) is 1.64. The fourth-order valence-electron chi connectivity index (χ4n) is 2.74. The summed E-state index contributed by atoms with van der Waals surface area (Å²) in [6, 6.07) is 6.07. The third-order valence-corrected chi connectivity index (χ3v) is 3.91. The van der Waals surface area contributed by atoms with Gasteiger partial charge < -0.3 is 9.47 Å². The van der Waals surface area contributed by atoms with Crippen molar-refractivity contribution in [3.05, 3.63) is 29.8 Å². The summed E-state index contributed by atoms with van der Waals surface area (Å²) in [7, 11) is 1.69. The molecule has 1 aromatic rings. The zero-order valence-electron chi connectivity index (χ0n) is 13.3. The lowest BCUT2D eigenvalue weighted by Gasteiger charge is -2.20. The van der Waals surface area contributed by atoms with Crippen LogP contribution < -0.4 is 9.47 Å². The second-order valence-electron chi connectivity index (χ2n) is 5.51. The molecule has 3 nitrogen and oxygen atoms in total. The fourth-order valence-corrected chi connectivity index (χ4v) is 2.74. The number of allylic oxidation sites excluding steroid dienone is 1. The van der Waals surface area contributed by atoms with E-state index >= 15 is 0 Å². The number of likely N-dealkylation sites (tertiary alicyclic amines) is 1. The first-order chi connectivity index (χ1) is 10.3. The molecular weight excluding hydrogens is 262 g/mol. The summed E-state index contributed by atoms with van der Waals surface area (Å²) >= 11 is 0. The Morgan fingerprint density at radius 1 is 1.10 bits per heavy atom. The molecule has 0 spiro atoms. The number of rotatable bonds is 6. The molecule has 0 N–H and O–H groups in total. The van der Waals surface area contributed by atoms with Crippen molar-refractivity contribution >= 4 is 6.08 Å². The third kappa shape index (κ3) is 5.09.